The fourth-order valence-corrected chi connectivity index (χ4v) is 2.26. The van der Waals surface area contributed by atoms with Crippen LogP contribution < -0.4 is 4.18 Å². The van der Waals surface area contributed by atoms with Crippen molar-refractivity contribution in [3.63, 3.8) is 0 Å². The van der Waals surface area contributed by atoms with Gasteiger partial charge in [0.15, 0.2) is 0 Å². The number of fused-ring (bicyclic) bond motifs is 1. The summed E-state index contributed by atoms with van der Waals surface area (Å²) >= 11 is 0. The molecule has 0 aliphatic heterocycles. The third-order valence-electron chi connectivity index (χ3n) is 2.49. The Bertz CT molecular complexity index is 689. The maximum absolute atomic E-state index is 11.1. The second-order valence-electron chi connectivity index (χ2n) is 3.96. The van der Waals surface area contributed by atoms with Gasteiger partial charge < -0.3 is 8.98 Å². The van der Waals surface area contributed by atoms with E-state index in [1.807, 2.05) is 18.2 Å². The smallest absolute Gasteiger partial charge is 0.306 e. The number of carbonyl (C=O) groups is 1. The molecule has 4 nitrogen and oxygen atoms in total. The van der Waals surface area contributed by atoms with Crippen molar-refractivity contribution in [2.75, 3.05) is 6.26 Å². The van der Waals surface area contributed by atoms with Gasteiger partial charge in [-0.1, -0.05) is 24.3 Å². The fourth-order valence-electron chi connectivity index (χ4n) is 1.81. The van der Waals surface area contributed by atoms with Crippen molar-refractivity contribution in [1.82, 2.24) is 0 Å². The van der Waals surface area contributed by atoms with Crippen molar-refractivity contribution in [2.45, 2.75) is 6.42 Å². The molecule has 0 N–H and O–H groups in total. The fraction of sp³-hybridized carbons (Fsp3) is 0.154. The number of aldehydes is 1. The van der Waals surface area contributed by atoms with Gasteiger partial charge >= 0.3 is 10.1 Å². The van der Waals surface area contributed by atoms with E-state index in [-0.39, 0.29) is 5.75 Å². The zero-order valence-electron chi connectivity index (χ0n) is 9.79. The van der Waals surface area contributed by atoms with E-state index in [1.54, 1.807) is 18.2 Å². The van der Waals surface area contributed by atoms with Crippen LogP contribution in [0.5, 0.6) is 5.75 Å². The summed E-state index contributed by atoms with van der Waals surface area (Å²) < 4.78 is 27.0. The number of hydrogen-bond acceptors (Lipinski definition) is 4. The molecule has 0 aliphatic carbocycles. The van der Waals surface area contributed by atoms with Crippen LogP contribution in [-0.2, 0) is 21.3 Å². The summed E-state index contributed by atoms with van der Waals surface area (Å²) in [5.74, 6) is 0.253. The maximum atomic E-state index is 11.1. The Labute approximate surface area is 105 Å². The highest BCUT2D eigenvalue weighted by Gasteiger charge is 2.07. The molecule has 0 atom stereocenters. The van der Waals surface area contributed by atoms with Crippen molar-refractivity contribution in [2.24, 2.45) is 0 Å². The molecule has 0 heterocycles. The van der Waals surface area contributed by atoms with E-state index < -0.39 is 10.1 Å². The Hall–Kier alpha value is -1.88. The van der Waals surface area contributed by atoms with E-state index >= 15 is 0 Å². The number of hydrogen-bond donors (Lipinski definition) is 0. The van der Waals surface area contributed by atoms with Crippen LogP contribution in [-0.4, -0.2) is 21.0 Å². The first-order valence-corrected chi connectivity index (χ1v) is 7.16. The minimum Gasteiger partial charge on any atom is -0.383 e. The Balaban J connectivity index is 2.54. The van der Waals surface area contributed by atoms with E-state index in [0.717, 1.165) is 28.9 Å². The first-order chi connectivity index (χ1) is 8.49. The van der Waals surface area contributed by atoms with Gasteiger partial charge in [0.25, 0.3) is 0 Å². The van der Waals surface area contributed by atoms with Crippen LogP contribution in [0.1, 0.15) is 5.56 Å². The summed E-state index contributed by atoms with van der Waals surface area (Å²) in [5.41, 5.74) is 0.849. The van der Waals surface area contributed by atoms with Gasteiger partial charge in [0, 0.05) is 6.42 Å². The molecule has 2 rings (SSSR count). The van der Waals surface area contributed by atoms with Crippen LogP contribution in [0.15, 0.2) is 36.4 Å². The van der Waals surface area contributed by atoms with Crippen LogP contribution >= 0.6 is 0 Å². The van der Waals surface area contributed by atoms with Gasteiger partial charge in [0.2, 0.25) is 0 Å². The predicted octanol–water partition coefficient (Wildman–Crippen LogP) is 1.92. The minimum absolute atomic E-state index is 0.253. The van der Waals surface area contributed by atoms with E-state index in [2.05, 4.69) is 0 Å². The highest BCUT2D eigenvalue weighted by molar-refractivity contribution is 7.86. The lowest BCUT2D eigenvalue weighted by atomic mass is 10.0. The summed E-state index contributed by atoms with van der Waals surface area (Å²) in [4.78, 5) is 10.6. The molecule has 2 aromatic carbocycles. The zero-order chi connectivity index (χ0) is 13.2. The summed E-state index contributed by atoms with van der Waals surface area (Å²) in [7, 11) is -3.54. The van der Waals surface area contributed by atoms with E-state index in [9.17, 15) is 13.2 Å². The molecule has 18 heavy (non-hydrogen) atoms. The van der Waals surface area contributed by atoms with Crippen molar-refractivity contribution >= 4 is 27.2 Å². The molecule has 0 aliphatic rings. The Kier molecular flexibility index (Phi) is 3.34. The average Bonchev–Trinajstić information content (AvgIpc) is 2.28. The Morgan fingerprint density at radius 2 is 2.00 bits per heavy atom. The molecule has 0 radical (unpaired) electrons. The van der Waals surface area contributed by atoms with Gasteiger partial charge in [-0.05, 0) is 28.5 Å². The maximum Gasteiger partial charge on any atom is 0.306 e. The van der Waals surface area contributed by atoms with E-state index in [1.165, 1.54) is 0 Å². The molecule has 0 spiro atoms. The second-order valence-corrected chi connectivity index (χ2v) is 5.53. The molecule has 94 valence electrons. The van der Waals surface area contributed by atoms with Crippen LogP contribution in [0, 0.1) is 0 Å². The number of rotatable bonds is 4. The highest BCUT2D eigenvalue weighted by atomic mass is 32.2. The molecular weight excluding hydrogens is 252 g/mol. The molecular formula is C13H12O4S. The van der Waals surface area contributed by atoms with Crippen molar-refractivity contribution in [3.8, 4) is 5.75 Å². The van der Waals surface area contributed by atoms with E-state index in [4.69, 9.17) is 4.18 Å². The lowest BCUT2D eigenvalue weighted by molar-refractivity contribution is -0.107. The van der Waals surface area contributed by atoms with E-state index in [0.29, 0.717) is 6.42 Å². The Morgan fingerprint density at radius 1 is 1.22 bits per heavy atom. The van der Waals surface area contributed by atoms with Gasteiger partial charge in [-0.15, -0.1) is 0 Å². The van der Waals surface area contributed by atoms with Gasteiger partial charge in [-0.2, -0.15) is 8.42 Å². The summed E-state index contributed by atoms with van der Waals surface area (Å²) in [6.45, 7) is 0. The van der Waals surface area contributed by atoms with Crippen molar-refractivity contribution in [3.05, 3.63) is 42.0 Å². The first kappa shape index (κ1) is 12.6. The highest BCUT2D eigenvalue weighted by Crippen LogP contribution is 2.25. The molecule has 0 aromatic heterocycles. The minimum atomic E-state index is -3.54. The van der Waals surface area contributed by atoms with Gasteiger partial charge in [-0.25, -0.2) is 0 Å². The molecule has 0 bridgehead atoms. The standard InChI is InChI=1S/C13H12O4S/c1-18(15,16)17-12-6-5-10-3-2-4-11(7-8-14)13(10)9-12/h2-6,8-9H,7H2,1H3. The molecule has 5 heteroatoms. The van der Waals surface area contributed by atoms with Crippen LogP contribution in [0.4, 0.5) is 0 Å². The predicted molar refractivity (Wildman–Crippen MR) is 69.2 cm³/mol. The zero-order valence-corrected chi connectivity index (χ0v) is 10.6. The van der Waals surface area contributed by atoms with Crippen LogP contribution in [0.2, 0.25) is 0 Å². The molecule has 0 saturated heterocycles. The topological polar surface area (TPSA) is 60.4 Å². The third-order valence-corrected chi connectivity index (χ3v) is 2.99. The van der Waals surface area contributed by atoms with Crippen molar-refractivity contribution in [1.29, 1.82) is 0 Å². The van der Waals surface area contributed by atoms with Crippen LogP contribution in [0.3, 0.4) is 0 Å². The molecule has 0 unspecified atom stereocenters. The lowest BCUT2D eigenvalue weighted by Gasteiger charge is -2.07. The van der Waals surface area contributed by atoms with Gasteiger partial charge in [0.1, 0.15) is 12.0 Å². The molecule has 0 saturated carbocycles. The van der Waals surface area contributed by atoms with Gasteiger partial charge in [-0.3, -0.25) is 0 Å². The SMILES string of the molecule is CS(=O)(=O)Oc1ccc2cccc(CC=O)c2c1. The van der Waals surface area contributed by atoms with Crippen LogP contribution in [0.25, 0.3) is 10.8 Å². The average molecular weight is 264 g/mol. The third kappa shape index (κ3) is 2.87. The molecule has 2 aromatic rings. The summed E-state index contributed by atoms with van der Waals surface area (Å²) in [5, 5.41) is 1.76. The summed E-state index contributed by atoms with van der Waals surface area (Å²) in [6.07, 6.45) is 2.10. The van der Waals surface area contributed by atoms with Gasteiger partial charge in [0.05, 0.1) is 6.26 Å². The number of benzene rings is 2. The lowest BCUT2D eigenvalue weighted by Crippen LogP contribution is -2.05. The summed E-state index contributed by atoms with van der Waals surface area (Å²) in [6, 6.07) is 10.6. The quantitative estimate of drug-likeness (QED) is 0.625. The molecule has 0 fully saturated rings. The normalized spacial score (nSPS) is 11.4. The second kappa shape index (κ2) is 4.78. The van der Waals surface area contributed by atoms with Crippen molar-refractivity contribution < 1.29 is 17.4 Å². The Morgan fingerprint density at radius 3 is 2.67 bits per heavy atom. The monoisotopic (exact) mass is 264 g/mol. The largest absolute Gasteiger partial charge is 0.383 e. The molecule has 0 amide bonds. The first-order valence-electron chi connectivity index (χ1n) is 5.34. The number of carbonyl (C=O) groups excluding carboxylic acids is 1.